The summed E-state index contributed by atoms with van der Waals surface area (Å²) in [5, 5.41) is 3.33. The number of hydrogen-bond donors (Lipinski definition) is 1. The molecule has 2 aromatic rings. The Morgan fingerprint density at radius 1 is 1.14 bits per heavy atom. The van der Waals surface area contributed by atoms with E-state index in [0.29, 0.717) is 28.0 Å². The maximum Gasteiger partial charge on any atom is 0.256 e. The molecule has 22 heavy (non-hydrogen) atoms. The van der Waals surface area contributed by atoms with Crippen molar-refractivity contribution < 1.29 is 14.3 Å². The van der Waals surface area contributed by atoms with Gasteiger partial charge in [0.1, 0.15) is 0 Å². The Hall–Kier alpha value is -2.14. The molecule has 0 saturated heterocycles. The molecular formula is C17H17NO3S. The molecule has 5 heteroatoms. The topological polar surface area (TPSA) is 47.6 Å². The van der Waals surface area contributed by atoms with E-state index < -0.39 is 0 Å². The minimum absolute atomic E-state index is 0.123. The lowest BCUT2D eigenvalue weighted by molar-refractivity contribution is 0.102. The van der Waals surface area contributed by atoms with Gasteiger partial charge in [-0.3, -0.25) is 4.79 Å². The number of amides is 1. The van der Waals surface area contributed by atoms with Crippen molar-refractivity contribution in [2.45, 2.75) is 24.0 Å². The molecule has 1 aliphatic rings. The first-order chi connectivity index (χ1) is 10.6. The lowest BCUT2D eigenvalue weighted by Crippen LogP contribution is -2.13. The Morgan fingerprint density at radius 2 is 1.91 bits per heavy atom. The summed E-state index contributed by atoms with van der Waals surface area (Å²) in [6.07, 6.45) is 0. The van der Waals surface area contributed by atoms with Gasteiger partial charge in [0, 0.05) is 21.9 Å². The molecule has 3 rings (SSSR count). The van der Waals surface area contributed by atoms with Crippen LogP contribution in [0.15, 0.2) is 47.4 Å². The van der Waals surface area contributed by atoms with Crippen molar-refractivity contribution in [3.05, 3.63) is 48.0 Å². The van der Waals surface area contributed by atoms with Crippen LogP contribution >= 0.6 is 11.8 Å². The third-order valence-electron chi connectivity index (χ3n) is 3.12. The number of hydrogen-bond acceptors (Lipinski definition) is 4. The fraction of sp³-hybridized carbons (Fsp3) is 0.235. The summed E-state index contributed by atoms with van der Waals surface area (Å²) in [5.41, 5.74) is 1.37. The fourth-order valence-electron chi connectivity index (χ4n) is 2.18. The van der Waals surface area contributed by atoms with Crippen LogP contribution in [0.25, 0.3) is 0 Å². The predicted molar refractivity (Wildman–Crippen MR) is 88.0 cm³/mol. The summed E-state index contributed by atoms with van der Waals surface area (Å²) in [6, 6.07) is 13.0. The fourth-order valence-corrected chi connectivity index (χ4v) is 3.14. The molecule has 0 aliphatic carbocycles. The molecule has 1 heterocycles. The second kappa shape index (κ2) is 6.32. The van der Waals surface area contributed by atoms with Gasteiger partial charge in [-0.1, -0.05) is 26.0 Å². The number of nitrogens with one attached hydrogen (secondary N) is 1. The van der Waals surface area contributed by atoms with Crippen LogP contribution in [-0.2, 0) is 0 Å². The zero-order valence-electron chi connectivity index (χ0n) is 12.5. The first kappa shape index (κ1) is 14.8. The summed E-state index contributed by atoms with van der Waals surface area (Å²) in [4.78, 5) is 13.5. The van der Waals surface area contributed by atoms with E-state index in [2.05, 4.69) is 19.2 Å². The van der Waals surface area contributed by atoms with Crippen LogP contribution in [0.1, 0.15) is 24.2 Å². The second-order valence-corrected chi connectivity index (χ2v) is 6.80. The zero-order chi connectivity index (χ0) is 15.5. The number of carbonyl (C=O) groups excluding carboxylic acids is 1. The lowest BCUT2D eigenvalue weighted by atomic mass is 10.2. The minimum Gasteiger partial charge on any atom is -0.454 e. The standard InChI is InChI=1S/C17H17NO3S/c1-11(2)22-16-6-4-3-5-13(16)17(19)18-12-7-8-14-15(9-12)21-10-20-14/h3-9,11H,10H2,1-2H3,(H,18,19). The van der Waals surface area contributed by atoms with Crippen molar-refractivity contribution in [1.29, 1.82) is 0 Å². The first-order valence-electron chi connectivity index (χ1n) is 7.10. The van der Waals surface area contributed by atoms with Crippen LogP contribution in [0.2, 0.25) is 0 Å². The highest BCUT2D eigenvalue weighted by Gasteiger charge is 2.16. The molecule has 1 amide bonds. The van der Waals surface area contributed by atoms with Gasteiger partial charge >= 0.3 is 0 Å². The molecule has 1 N–H and O–H groups in total. The Kier molecular flexibility index (Phi) is 4.24. The molecule has 2 aromatic carbocycles. The van der Waals surface area contributed by atoms with Gasteiger partial charge in [-0.25, -0.2) is 0 Å². The van der Waals surface area contributed by atoms with Gasteiger partial charge in [-0.05, 0) is 24.3 Å². The third kappa shape index (κ3) is 3.20. The number of anilines is 1. The Labute approximate surface area is 133 Å². The van der Waals surface area contributed by atoms with Crippen LogP contribution in [0.3, 0.4) is 0 Å². The van der Waals surface area contributed by atoms with Crippen molar-refractivity contribution in [1.82, 2.24) is 0 Å². The highest BCUT2D eigenvalue weighted by Crippen LogP contribution is 2.34. The Balaban J connectivity index is 1.80. The van der Waals surface area contributed by atoms with Gasteiger partial charge in [-0.2, -0.15) is 0 Å². The number of rotatable bonds is 4. The van der Waals surface area contributed by atoms with Crippen LogP contribution in [0.4, 0.5) is 5.69 Å². The van der Waals surface area contributed by atoms with E-state index in [1.165, 1.54) is 0 Å². The largest absolute Gasteiger partial charge is 0.454 e. The molecule has 0 fully saturated rings. The number of ether oxygens (including phenoxy) is 2. The van der Waals surface area contributed by atoms with E-state index in [9.17, 15) is 4.79 Å². The molecule has 0 bridgehead atoms. The zero-order valence-corrected chi connectivity index (χ0v) is 13.3. The second-order valence-electron chi connectivity index (χ2n) is 5.18. The summed E-state index contributed by atoms with van der Waals surface area (Å²) >= 11 is 1.68. The van der Waals surface area contributed by atoms with Gasteiger partial charge in [0.2, 0.25) is 6.79 Å². The Morgan fingerprint density at radius 3 is 2.73 bits per heavy atom. The van der Waals surface area contributed by atoms with Crippen molar-refractivity contribution in [2.75, 3.05) is 12.1 Å². The molecule has 0 spiro atoms. The van der Waals surface area contributed by atoms with E-state index in [0.717, 1.165) is 4.90 Å². The summed E-state index contributed by atoms with van der Waals surface area (Å²) in [6.45, 7) is 4.44. The molecule has 0 atom stereocenters. The van der Waals surface area contributed by atoms with E-state index in [-0.39, 0.29) is 12.7 Å². The quantitative estimate of drug-likeness (QED) is 0.860. The SMILES string of the molecule is CC(C)Sc1ccccc1C(=O)Nc1ccc2c(c1)OCO2. The van der Waals surface area contributed by atoms with Crippen LogP contribution in [0, 0.1) is 0 Å². The van der Waals surface area contributed by atoms with Gasteiger partial charge in [0.25, 0.3) is 5.91 Å². The van der Waals surface area contributed by atoms with E-state index in [1.54, 1.807) is 23.9 Å². The van der Waals surface area contributed by atoms with Crippen LogP contribution < -0.4 is 14.8 Å². The average molecular weight is 315 g/mol. The molecular weight excluding hydrogens is 298 g/mol. The lowest BCUT2D eigenvalue weighted by Gasteiger charge is -2.11. The molecule has 0 aromatic heterocycles. The minimum atomic E-state index is -0.123. The van der Waals surface area contributed by atoms with Gasteiger partial charge in [-0.15, -0.1) is 11.8 Å². The third-order valence-corrected chi connectivity index (χ3v) is 4.21. The molecule has 0 unspecified atom stereocenters. The number of thioether (sulfide) groups is 1. The van der Waals surface area contributed by atoms with Crippen molar-refractivity contribution in [3.63, 3.8) is 0 Å². The van der Waals surface area contributed by atoms with E-state index in [4.69, 9.17) is 9.47 Å². The van der Waals surface area contributed by atoms with Crippen molar-refractivity contribution in [2.24, 2.45) is 0 Å². The maximum absolute atomic E-state index is 12.5. The molecule has 1 aliphatic heterocycles. The molecule has 0 radical (unpaired) electrons. The smallest absolute Gasteiger partial charge is 0.256 e. The van der Waals surface area contributed by atoms with Gasteiger partial charge < -0.3 is 14.8 Å². The summed E-state index contributed by atoms with van der Waals surface area (Å²) in [5.74, 6) is 1.24. The van der Waals surface area contributed by atoms with Gasteiger partial charge in [0.05, 0.1) is 5.56 Å². The predicted octanol–water partition coefficient (Wildman–Crippen LogP) is 4.17. The molecule has 0 saturated carbocycles. The van der Waals surface area contributed by atoms with Crippen molar-refractivity contribution in [3.8, 4) is 11.5 Å². The number of carbonyl (C=O) groups is 1. The first-order valence-corrected chi connectivity index (χ1v) is 7.98. The normalized spacial score (nSPS) is 12.5. The number of fused-ring (bicyclic) bond motifs is 1. The highest BCUT2D eigenvalue weighted by atomic mass is 32.2. The molecule has 4 nitrogen and oxygen atoms in total. The monoisotopic (exact) mass is 315 g/mol. The van der Waals surface area contributed by atoms with Crippen LogP contribution in [-0.4, -0.2) is 18.0 Å². The highest BCUT2D eigenvalue weighted by molar-refractivity contribution is 8.00. The molecule has 114 valence electrons. The Bertz CT molecular complexity index is 700. The van der Waals surface area contributed by atoms with Gasteiger partial charge in [0.15, 0.2) is 11.5 Å². The summed E-state index contributed by atoms with van der Waals surface area (Å²) in [7, 11) is 0. The average Bonchev–Trinajstić information content (AvgIpc) is 2.94. The van der Waals surface area contributed by atoms with Crippen LogP contribution in [0.5, 0.6) is 11.5 Å². The van der Waals surface area contributed by atoms with Crippen molar-refractivity contribution >= 4 is 23.4 Å². The maximum atomic E-state index is 12.5. The van der Waals surface area contributed by atoms with E-state index >= 15 is 0 Å². The number of benzene rings is 2. The summed E-state index contributed by atoms with van der Waals surface area (Å²) < 4.78 is 10.6. The van der Waals surface area contributed by atoms with E-state index in [1.807, 2.05) is 30.3 Å².